The van der Waals surface area contributed by atoms with Crippen molar-refractivity contribution in [2.24, 2.45) is 0 Å². The third kappa shape index (κ3) is 5.32. The van der Waals surface area contributed by atoms with E-state index < -0.39 is 15.7 Å². The second-order valence-electron chi connectivity index (χ2n) is 6.92. The van der Waals surface area contributed by atoms with Crippen molar-refractivity contribution in [1.82, 2.24) is 10.9 Å². The number of rotatable bonds is 5. The van der Waals surface area contributed by atoms with Crippen LogP contribution in [0.5, 0.6) is 0 Å². The van der Waals surface area contributed by atoms with Crippen LogP contribution in [-0.2, 0) is 26.8 Å². The van der Waals surface area contributed by atoms with Crippen molar-refractivity contribution >= 4 is 27.3 Å². The van der Waals surface area contributed by atoms with Gasteiger partial charge in [-0.1, -0.05) is 30.3 Å². The molecule has 0 radical (unpaired) electrons. The lowest BCUT2D eigenvalue weighted by Crippen LogP contribution is -2.47. The zero-order chi connectivity index (χ0) is 20.1. The molecular formula is C20H23N3O4S. The average Bonchev–Trinajstić information content (AvgIpc) is 2.66. The van der Waals surface area contributed by atoms with Gasteiger partial charge in [0.1, 0.15) is 0 Å². The highest BCUT2D eigenvalue weighted by Crippen LogP contribution is 2.26. The first kappa shape index (κ1) is 19.9. The standard InChI is InChI=1S/C20H23N3O4S/c1-28(26,27)14-15-8-10-17(11-9-15)20(25)22-21-19(24)13-23-12-4-6-16-5-2-3-7-18(16)23/h2-3,5,7-11H,4,6,12-14H2,1H3,(H,21,24)(H,22,25). The molecule has 1 aliphatic heterocycles. The van der Waals surface area contributed by atoms with Gasteiger partial charge < -0.3 is 4.90 Å². The Labute approximate surface area is 164 Å². The molecule has 8 heteroatoms. The van der Waals surface area contributed by atoms with Gasteiger partial charge in [-0.25, -0.2) is 8.42 Å². The lowest BCUT2D eigenvalue weighted by Gasteiger charge is -2.30. The molecule has 0 aliphatic carbocycles. The van der Waals surface area contributed by atoms with Gasteiger partial charge in [0.25, 0.3) is 11.8 Å². The molecule has 0 aromatic heterocycles. The number of hydrazine groups is 1. The van der Waals surface area contributed by atoms with Crippen LogP contribution in [0.15, 0.2) is 48.5 Å². The number of nitrogens with one attached hydrogen (secondary N) is 2. The van der Waals surface area contributed by atoms with Crippen molar-refractivity contribution < 1.29 is 18.0 Å². The number of benzene rings is 2. The maximum atomic E-state index is 12.2. The second kappa shape index (κ2) is 8.43. The highest BCUT2D eigenvalue weighted by molar-refractivity contribution is 7.89. The van der Waals surface area contributed by atoms with E-state index in [0.29, 0.717) is 11.1 Å². The molecule has 2 aromatic rings. The summed E-state index contributed by atoms with van der Waals surface area (Å²) < 4.78 is 22.6. The summed E-state index contributed by atoms with van der Waals surface area (Å²) in [6, 6.07) is 14.2. The van der Waals surface area contributed by atoms with Gasteiger partial charge in [-0.15, -0.1) is 0 Å². The minimum atomic E-state index is -3.13. The highest BCUT2D eigenvalue weighted by Gasteiger charge is 2.19. The van der Waals surface area contributed by atoms with E-state index in [9.17, 15) is 18.0 Å². The predicted octanol–water partition coefficient (Wildman–Crippen LogP) is 1.45. The van der Waals surface area contributed by atoms with Gasteiger partial charge in [-0.3, -0.25) is 20.4 Å². The number of fused-ring (bicyclic) bond motifs is 1. The Kier molecular flexibility index (Phi) is 5.99. The van der Waals surface area contributed by atoms with E-state index in [1.54, 1.807) is 12.1 Å². The molecule has 0 spiro atoms. The number of anilines is 1. The van der Waals surface area contributed by atoms with E-state index >= 15 is 0 Å². The Bertz CT molecular complexity index is 971. The van der Waals surface area contributed by atoms with Crippen LogP contribution in [0.25, 0.3) is 0 Å². The molecule has 2 amide bonds. The van der Waals surface area contributed by atoms with Crippen molar-refractivity contribution in [3.63, 3.8) is 0 Å². The third-order valence-electron chi connectivity index (χ3n) is 4.50. The van der Waals surface area contributed by atoms with Crippen LogP contribution in [0, 0.1) is 0 Å². The number of amides is 2. The smallest absolute Gasteiger partial charge is 0.269 e. The van der Waals surface area contributed by atoms with Crippen molar-refractivity contribution in [2.75, 3.05) is 24.2 Å². The topological polar surface area (TPSA) is 95.6 Å². The summed E-state index contributed by atoms with van der Waals surface area (Å²) in [7, 11) is -3.13. The maximum absolute atomic E-state index is 12.2. The highest BCUT2D eigenvalue weighted by atomic mass is 32.2. The third-order valence-corrected chi connectivity index (χ3v) is 5.36. The molecule has 0 fully saturated rings. The summed E-state index contributed by atoms with van der Waals surface area (Å²) in [6.07, 6.45) is 3.14. The number of para-hydroxylation sites is 1. The van der Waals surface area contributed by atoms with Crippen molar-refractivity contribution in [2.45, 2.75) is 18.6 Å². The van der Waals surface area contributed by atoms with Gasteiger partial charge >= 0.3 is 0 Å². The summed E-state index contributed by atoms with van der Waals surface area (Å²) in [5.41, 5.74) is 8.04. The molecule has 148 valence electrons. The lowest BCUT2D eigenvalue weighted by molar-refractivity contribution is -0.120. The largest absolute Gasteiger partial charge is 0.362 e. The Hall–Kier alpha value is -2.87. The van der Waals surface area contributed by atoms with Crippen LogP contribution in [0.3, 0.4) is 0 Å². The van der Waals surface area contributed by atoms with Gasteiger partial charge in [0.05, 0.1) is 12.3 Å². The van der Waals surface area contributed by atoms with Crippen LogP contribution in [0.1, 0.15) is 27.9 Å². The molecule has 7 nitrogen and oxygen atoms in total. The van der Waals surface area contributed by atoms with Crippen molar-refractivity contribution in [1.29, 1.82) is 0 Å². The first-order valence-corrected chi connectivity index (χ1v) is 11.1. The monoisotopic (exact) mass is 401 g/mol. The average molecular weight is 401 g/mol. The molecule has 1 heterocycles. The van der Waals surface area contributed by atoms with Crippen molar-refractivity contribution in [3.05, 3.63) is 65.2 Å². The zero-order valence-electron chi connectivity index (χ0n) is 15.6. The van der Waals surface area contributed by atoms with Gasteiger partial charge in [-0.05, 0) is 42.2 Å². The summed E-state index contributed by atoms with van der Waals surface area (Å²) in [5.74, 6) is -0.847. The van der Waals surface area contributed by atoms with E-state index in [-0.39, 0.29) is 18.2 Å². The van der Waals surface area contributed by atoms with Crippen LogP contribution in [-0.4, -0.2) is 39.6 Å². The predicted molar refractivity (Wildman–Crippen MR) is 108 cm³/mol. The van der Waals surface area contributed by atoms with Gasteiger partial charge in [0.15, 0.2) is 9.84 Å². The summed E-state index contributed by atoms with van der Waals surface area (Å²) in [6.45, 7) is 0.949. The van der Waals surface area contributed by atoms with Crippen LogP contribution in [0.2, 0.25) is 0 Å². The summed E-state index contributed by atoms with van der Waals surface area (Å²) in [4.78, 5) is 26.4. The molecule has 0 unspecified atom stereocenters. The Morgan fingerprint density at radius 2 is 1.75 bits per heavy atom. The summed E-state index contributed by atoms with van der Waals surface area (Å²) in [5, 5.41) is 0. The van der Waals surface area contributed by atoms with E-state index in [4.69, 9.17) is 0 Å². The number of sulfone groups is 1. The van der Waals surface area contributed by atoms with E-state index in [0.717, 1.165) is 31.3 Å². The summed E-state index contributed by atoms with van der Waals surface area (Å²) >= 11 is 0. The SMILES string of the molecule is CS(=O)(=O)Cc1ccc(C(=O)NNC(=O)CN2CCCc3ccccc32)cc1. The van der Waals surface area contributed by atoms with Crippen LogP contribution >= 0.6 is 0 Å². The second-order valence-corrected chi connectivity index (χ2v) is 9.06. The van der Waals surface area contributed by atoms with E-state index in [2.05, 4.69) is 16.9 Å². The maximum Gasteiger partial charge on any atom is 0.269 e. The Balaban J connectivity index is 1.53. The van der Waals surface area contributed by atoms with E-state index in [1.165, 1.54) is 17.7 Å². The lowest BCUT2D eigenvalue weighted by atomic mass is 10.0. The molecule has 1 aliphatic rings. The Morgan fingerprint density at radius 1 is 1.04 bits per heavy atom. The molecule has 0 saturated heterocycles. The number of hydrogen-bond acceptors (Lipinski definition) is 5. The van der Waals surface area contributed by atoms with Gasteiger partial charge in [0, 0.05) is 24.1 Å². The number of aryl methyl sites for hydroxylation is 1. The fraction of sp³-hybridized carbons (Fsp3) is 0.300. The Morgan fingerprint density at radius 3 is 2.46 bits per heavy atom. The molecule has 0 atom stereocenters. The van der Waals surface area contributed by atoms with Crippen LogP contribution in [0.4, 0.5) is 5.69 Å². The van der Waals surface area contributed by atoms with Gasteiger partial charge in [-0.2, -0.15) is 0 Å². The van der Waals surface area contributed by atoms with Crippen LogP contribution < -0.4 is 15.8 Å². The first-order chi connectivity index (χ1) is 13.3. The molecule has 2 N–H and O–H groups in total. The fourth-order valence-electron chi connectivity index (χ4n) is 3.24. The quantitative estimate of drug-likeness (QED) is 0.740. The molecule has 3 rings (SSSR count). The number of hydrogen-bond donors (Lipinski definition) is 2. The van der Waals surface area contributed by atoms with Crippen molar-refractivity contribution in [3.8, 4) is 0 Å². The minimum absolute atomic E-state index is 0.0804. The molecular weight excluding hydrogens is 378 g/mol. The first-order valence-electron chi connectivity index (χ1n) is 9.00. The minimum Gasteiger partial charge on any atom is -0.362 e. The molecule has 2 aromatic carbocycles. The normalized spacial score (nSPS) is 13.5. The van der Waals surface area contributed by atoms with E-state index in [1.807, 2.05) is 23.1 Å². The van der Waals surface area contributed by atoms with Gasteiger partial charge in [0.2, 0.25) is 0 Å². The number of carbonyl (C=O) groups excluding carboxylic acids is 2. The zero-order valence-corrected chi connectivity index (χ0v) is 16.5. The number of nitrogens with zero attached hydrogens (tertiary/aromatic N) is 1. The molecule has 0 saturated carbocycles. The fourth-order valence-corrected chi connectivity index (χ4v) is 4.04. The number of carbonyl (C=O) groups is 2. The molecule has 0 bridgehead atoms. The molecule has 28 heavy (non-hydrogen) atoms.